The summed E-state index contributed by atoms with van der Waals surface area (Å²) < 4.78 is 19.9. The quantitative estimate of drug-likeness (QED) is 0.609. The fourth-order valence-electron chi connectivity index (χ4n) is 3.23. The number of ether oxygens (including phenoxy) is 1. The predicted octanol–water partition coefficient (Wildman–Crippen LogP) is 2.74. The van der Waals surface area contributed by atoms with E-state index in [0.717, 1.165) is 25.2 Å². The number of halogens is 1. The lowest BCUT2D eigenvalue weighted by molar-refractivity contribution is -0.115. The Labute approximate surface area is 181 Å². The number of thiazole rings is 1. The van der Waals surface area contributed by atoms with E-state index < -0.39 is 11.7 Å². The number of pyridine rings is 1. The highest BCUT2D eigenvalue weighted by Crippen LogP contribution is 2.28. The Bertz CT molecular complexity index is 1150. The van der Waals surface area contributed by atoms with Crippen LogP contribution in [0.2, 0.25) is 0 Å². The number of amides is 2. The second-order valence-electron chi connectivity index (χ2n) is 7.19. The Balaban J connectivity index is 1.42. The van der Waals surface area contributed by atoms with Gasteiger partial charge < -0.3 is 20.7 Å². The maximum atomic E-state index is 14.5. The zero-order chi connectivity index (χ0) is 22.0. The number of fused-ring (bicyclic) bond motifs is 1. The molecule has 10 heteroatoms. The molecule has 3 N–H and O–H groups in total. The molecule has 0 saturated heterocycles. The lowest BCUT2D eigenvalue weighted by Gasteiger charge is -2.20. The van der Waals surface area contributed by atoms with Crippen LogP contribution in [0.1, 0.15) is 26.5 Å². The highest BCUT2D eigenvalue weighted by molar-refractivity contribution is 7.15. The summed E-state index contributed by atoms with van der Waals surface area (Å²) in [6.45, 7) is 1.73. The molecule has 0 unspecified atom stereocenters. The summed E-state index contributed by atoms with van der Waals surface area (Å²) in [6.07, 6.45) is 2.31. The fourth-order valence-corrected chi connectivity index (χ4v) is 4.21. The Morgan fingerprint density at radius 2 is 2.19 bits per heavy atom. The van der Waals surface area contributed by atoms with E-state index in [2.05, 4.69) is 20.2 Å². The number of carbonyl (C=O) groups excluding carboxylic acids is 2. The molecule has 3 aromatic rings. The van der Waals surface area contributed by atoms with Crippen LogP contribution in [0.3, 0.4) is 0 Å². The number of nitrogens with one attached hydrogen (secondary N) is 1. The molecule has 0 aliphatic carbocycles. The second-order valence-corrected chi connectivity index (χ2v) is 8.27. The van der Waals surface area contributed by atoms with E-state index in [-0.39, 0.29) is 29.5 Å². The summed E-state index contributed by atoms with van der Waals surface area (Å²) in [6, 6.07) is 7.14. The first-order valence-electron chi connectivity index (χ1n) is 9.57. The average molecular weight is 441 g/mol. The molecule has 2 aromatic heterocycles. The molecule has 8 nitrogen and oxygen atoms in total. The molecule has 31 heavy (non-hydrogen) atoms. The van der Waals surface area contributed by atoms with Gasteiger partial charge in [-0.25, -0.2) is 14.4 Å². The van der Waals surface area contributed by atoms with Gasteiger partial charge >= 0.3 is 0 Å². The Kier molecular flexibility index (Phi) is 5.92. The minimum absolute atomic E-state index is 0.0164. The van der Waals surface area contributed by atoms with E-state index >= 15 is 0 Å². The highest BCUT2D eigenvalue weighted by atomic mass is 32.1. The lowest BCUT2D eigenvalue weighted by Crippen LogP contribution is -2.25. The summed E-state index contributed by atoms with van der Waals surface area (Å²) in [7, 11) is 2.03. The van der Waals surface area contributed by atoms with Crippen molar-refractivity contribution in [3.63, 3.8) is 0 Å². The standard InChI is InChI=1S/C21H20FN5O3S/c1-27-8-6-17-15(11-27)25-21(31-17)26-18(28)10-12-4-5-16(14(22)9-12)30-20-13(19(23)29)3-2-7-24-20/h2-5,7,9H,6,8,10-11H2,1H3,(H2,23,29)(H,25,26,28). The zero-order valence-electron chi connectivity index (χ0n) is 16.7. The summed E-state index contributed by atoms with van der Waals surface area (Å²) in [5.74, 6) is -1.90. The third kappa shape index (κ3) is 4.86. The van der Waals surface area contributed by atoms with Crippen LogP contribution in [0.5, 0.6) is 11.6 Å². The molecule has 160 valence electrons. The molecule has 0 saturated carbocycles. The van der Waals surface area contributed by atoms with Crippen LogP contribution in [-0.4, -0.2) is 40.3 Å². The molecule has 3 heterocycles. The van der Waals surface area contributed by atoms with Gasteiger partial charge in [0.05, 0.1) is 12.1 Å². The van der Waals surface area contributed by atoms with Gasteiger partial charge in [-0.2, -0.15) is 0 Å². The molecule has 0 fully saturated rings. The number of anilines is 1. The van der Waals surface area contributed by atoms with Gasteiger partial charge in [-0.1, -0.05) is 6.07 Å². The van der Waals surface area contributed by atoms with Crippen LogP contribution >= 0.6 is 11.3 Å². The predicted molar refractivity (Wildman–Crippen MR) is 114 cm³/mol. The first kappa shape index (κ1) is 20.9. The summed E-state index contributed by atoms with van der Waals surface area (Å²) in [5.41, 5.74) is 6.79. The van der Waals surface area contributed by atoms with Crippen LogP contribution in [-0.2, 0) is 24.2 Å². The molecular formula is C21H20FN5O3S. The molecule has 4 rings (SSSR count). The van der Waals surface area contributed by atoms with Crippen LogP contribution < -0.4 is 15.8 Å². The smallest absolute Gasteiger partial charge is 0.254 e. The average Bonchev–Trinajstić information content (AvgIpc) is 3.11. The van der Waals surface area contributed by atoms with E-state index in [9.17, 15) is 14.0 Å². The van der Waals surface area contributed by atoms with Crippen molar-refractivity contribution in [1.82, 2.24) is 14.9 Å². The molecule has 1 aliphatic rings. The normalized spacial score (nSPS) is 13.5. The topological polar surface area (TPSA) is 110 Å². The number of rotatable bonds is 6. The van der Waals surface area contributed by atoms with Crippen molar-refractivity contribution in [1.29, 1.82) is 0 Å². The van der Waals surface area contributed by atoms with Gasteiger partial charge in [0.1, 0.15) is 5.56 Å². The summed E-state index contributed by atoms with van der Waals surface area (Å²) >= 11 is 1.48. The van der Waals surface area contributed by atoms with Gasteiger partial charge in [0.2, 0.25) is 11.8 Å². The van der Waals surface area contributed by atoms with Gasteiger partial charge in [0, 0.05) is 24.2 Å². The van der Waals surface area contributed by atoms with Gasteiger partial charge in [-0.05, 0) is 43.3 Å². The summed E-state index contributed by atoms with van der Waals surface area (Å²) in [5, 5.41) is 3.35. The van der Waals surface area contributed by atoms with Crippen molar-refractivity contribution in [3.05, 3.63) is 64.0 Å². The number of hydrogen-bond acceptors (Lipinski definition) is 7. The lowest BCUT2D eigenvalue weighted by atomic mass is 10.1. The molecule has 1 aromatic carbocycles. The third-order valence-corrected chi connectivity index (χ3v) is 5.84. The van der Waals surface area contributed by atoms with E-state index in [0.29, 0.717) is 10.7 Å². The number of likely N-dealkylation sites (N-methyl/N-ethyl adjacent to an activating group) is 1. The Morgan fingerprint density at radius 1 is 1.35 bits per heavy atom. The van der Waals surface area contributed by atoms with Gasteiger partial charge in [-0.3, -0.25) is 9.59 Å². The number of nitrogens with zero attached hydrogens (tertiary/aromatic N) is 3. The largest absolute Gasteiger partial charge is 0.435 e. The SMILES string of the molecule is CN1CCc2sc(NC(=O)Cc3ccc(Oc4ncccc4C(N)=O)c(F)c3)nc2C1. The Morgan fingerprint density at radius 3 is 2.97 bits per heavy atom. The monoisotopic (exact) mass is 441 g/mol. The molecule has 0 radical (unpaired) electrons. The van der Waals surface area contributed by atoms with Crippen molar-refractivity contribution in [2.75, 3.05) is 18.9 Å². The molecule has 0 atom stereocenters. The van der Waals surface area contributed by atoms with Crippen LogP contribution in [0.15, 0.2) is 36.5 Å². The van der Waals surface area contributed by atoms with Crippen molar-refractivity contribution >= 4 is 28.3 Å². The number of aromatic nitrogens is 2. The third-order valence-electron chi connectivity index (χ3n) is 4.77. The van der Waals surface area contributed by atoms with Crippen LogP contribution in [0, 0.1) is 5.82 Å². The van der Waals surface area contributed by atoms with E-state index in [1.54, 1.807) is 6.07 Å². The van der Waals surface area contributed by atoms with Gasteiger partial charge in [0.25, 0.3) is 5.91 Å². The highest BCUT2D eigenvalue weighted by Gasteiger charge is 2.19. The van der Waals surface area contributed by atoms with E-state index in [4.69, 9.17) is 10.5 Å². The fraction of sp³-hybridized carbons (Fsp3) is 0.238. The molecule has 1 aliphatic heterocycles. The molecule has 0 spiro atoms. The van der Waals surface area contributed by atoms with Crippen molar-refractivity contribution in [2.24, 2.45) is 5.73 Å². The second kappa shape index (κ2) is 8.78. The van der Waals surface area contributed by atoms with E-state index in [1.807, 2.05) is 7.05 Å². The van der Waals surface area contributed by atoms with E-state index in [1.165, 1.54) is 46.7 Å². The maximum absolute atomic E-state index is 14.5. The first-order valence-corrected chi connectivity index (χ1v) is 10.4. The van der Waals surface area contributed by atoms with Gasteiger partial charge in [-0.15, -0.1) is 11.3 Å². The zero-order valence-corrected chi connectivity index (χ0v) is 17.5. The van der Waals surface area contributed by atoms with Crippen LogP contribution in [0.25, 0.3) is 0 Å². The molecule has 2 amide bonds. The van der Waals surface area contributed by atoms with Crippen molar-refractivity contribution in [3.8, 4) is 11.6 Å². The molecular weight excluding hydrogens is 421 g/mol. The molecule has 0 bridgehead atoms. The first-order chi connectivity index (χ1) is 14.9. The number of hydrogen-bond donors (Lipinski definition) is 2. The number of primary amides is 1. The van der Waals surface area contributed by atoms with Crippen molar-refractivity contribution < 1.29 is 18.7 Å². The minimum Gasteiger partial charge on any atom is -0.435 e. The maximum Gasteiger partial charge on any atom is 0.254 e. The minimum atomic E-state index is -0.729. The number of nitrogens with two attached hydrogens (primary N) is 1. The van der Waals surface area contributed by atoms with Crippen LogP contribution in [0.4, 0.5) is 9.52 Å². The summed E-state index contributed by atoms with van der Waals surface area (Å²) in [4.78, 5) is 35.6. The number of benzene rings is 1. The van der Waals surface area contributed by atoms with Gasteiger partial charge in [0.15, 0.2) is 16.7 Å². The number of carbonyl (C=O) groups is 2. The Hall–Kier alpha value is -3.37. The van der Waals surface area contributed by atoms with Crippen molar-refractivity contribution in [2.45, 2.75) is 19.4 Å².